The number of amides is 1. The van der Waals surface area contributed by atoms with Crippen molar-refractivity contribution in [2.24, 2.45) is 11.8 Å². The van der Waals surface area contributed by atoms with Gasteiger partial charge in [-0.2, -0.15) is 0 Å². The Balaban J connectivity index is 1.69. The van der Waals surface area contributed by atoms with Crippen LogP contribution in [0.5, 0.6) is 0 Å². The van der Waals surface area contributed by atoms with E-state index in [1.807, 2.05) is 11.9 Å². The molecule has 4 heteroatoms. The van der Waals surface area contributed by atoms with Crippen molar-refractivity contribution in [2.45, 2.75) is 25.7 Å². The Bertz CT molecular complexity index is 268. The Kier molecular flexibility index (Phi) is 5.01. The summed E-state index contributed by atoms with van der Waals surface area (Å²) in [5, 5.41) is 3.36. The third kappa shape index (κ3) is 3.95. The third-order valence-corrected chi connectivity index (χ3v) is 4.42. The smallest absolute Gasteiger partial charge is 0.222 e. The van der Waals surface area contributed by atoms with Gasteiger partial charge in [0.2, 0.25) is 5.91 Å². The molecule has 2 saturated heterocycles. The highest BCUT2D eigenvalue weighted by Crippen LogP contribution is 2.20. The van der Waals surface area contributed by atoms with Gasteiger partial charge in [0.15, 0.2) is 0 Å². The van der Waals surface area contributed by atoms with Gasteiger partial charge in [0.1, 0.15) is 0 Å². The molecule has 1 atom stereocenters. The maximum absolute atomic E-state index is 12.2. The maximum Gasteiger partial charge on any atom is 0.222 e. The lowest BCUT2D eigenvalue weighted by molar-refractivity contribution is -0.131. The van der Waals surface area contributed by atoms with E-state index in [0.717, 1.165) is 39.1 Å². The highest BCUT2D eigenvalue weighted by molar-refractivity contribution is 5.76. The predicted octanol–water partition coefficient (Wildman–Crippen LogP) is 0.786. The van der Waals surface area contributed by atoms with Crippen LogP contribution in [0.3, 0.4) is 0 Å². The zero-order chi connectivity index (χ0) is 13.0. The van der Waals surface area contributed by atoms with Gasteiger partial charge in [-0.1, -0.05) is 0 Å². The Hall–Kier alpha value is -0.610. The quantitative estimate of drug-likeness (QED) is 0.804. The minimum absolute atomic E-state index is 0.344. The van der Waals surface area contributed by atoms with Crippen LogP contribution in [0.1, 0.15) is 25.7 Å². The molecule has 2 aliphatic rings. The zero-order valence-corrected chi connectivity index (χ0v) is 11.8. The Labute approximate surface area is 111 Å². The second kappa shape index (κ2) is 6.53. The summed E-state index contributed by atoms with van der Waals surface area (Å²) < 4.78 is 0. The van der Waals surface area contributed by atoms with Crippen LogP contribution in [0.2, 0.25) is 0 Å². The van der Waals surface area contributed by atoms with Crippen molar-refractivity contribution in [3.8, 4) is 0 Å². The van der Waals surface area contributed by atoms with Gasteiger partial charge < -0.3 is 15.1 Å². The van der Waals surface area contributed by atoms with Crippen molar-refractivity contribution in [2.75, 3.05) is 46.8 Å². The summed E-state index contributed by atoms with van der Waals surface area (Å²) in [6, 6.07) is 0. The van der Waals surface area contributed by atoms with Crippen LogP contribution in [0.15, 0.2) is 0 Å². The molecule has 4 nitrogen and oxygen atoms in total. The standard InChI is InChI=1S/C14H27N3O/c1-16-7-4-12(5-8-16)9-14(18)17(2)11-13-3-6-15-10-13/h12-13,15H,3-11H2,1-2H3. The van der Waals surface area contributed by atoms with Crippen LogP contribution >= 0.6 is 0 Å². The van der Waals surface area contributed by atoms with Crippen molar-refractivity contribution in [3.05, 3.63) is 0 Å². The minimum Gasteiger partial charge on any atom is -0.345 e. The van der Waals surface area contributed by atoms with Crippen molar-refractivity contribution in [3.63, 3.8) is 0 Å². The van der Waals surface area contributed by atoms with Gasteiger partial charge in [-0.25, -0.2) is 0 Å². The molecule has 0 aromatic carbocycles. The van der Waals surface area contributed by atoms with E-state index in [-0.39, 0.29) is 0 Å². The molecule has 2 aliphatic heterocycles. The van der Waals surface area contributed by atoms with Crippen molar-refractivity contribution in [1.29, 1.82) is 0 Å². The number of hydrogen-bond donors (Lipinski definition) is 1. The van der Waals surface area contributed by atoms with Gasteiger partial charge in [0.25, 0.3) is 0 Å². The summed E-state index contributed by atoms with van der Waals surface area (Å²) in [7, 11) is 4.13. The zero-order valence-electron chi connectivity index (χ0n) is 11.8. The number of nitrogens with zero attached hydrogens (tertiary/aromatic N) is 2. The Morgan fingerprint density at radius 2 is 2.00 bits per heavy atom. The molecular weight excluding hydrogens is 226 g/mol. The normalized spacial score (nSPS) is 26.4. The topological polar surface area (TPSA) is 35.6 Å². The lowest BCUT2D eigenvalue weighted by atomic mass is 9.93. The van der Waals surface area contributed by atoms with Crippen molar-refractivity contribution < 1.29 is 4.79 Å². The summed E-state index contributed by atoms with van der Waals surface area (Å²) in [4.78, 5) is 16.5. The molecule has 104 valence electrons. The lowest BCUT2D eigenvalue weighted by Crippen LogP contribution is -2.36. The summed E-state index contributed by atoms with van der Waals surface area (Å²) in [6.07, 6.45) is 4.33. The molecule has 0 aromatic rings. The van der Waals surface area contributed by atoms with Gasteiger partial charge in [0.05, 0.1) is 0 Å². The first kappa shape index (κ1) is 13.8. The molecule has 0 bridgehead atoms. The van der Waals surface area contributed by atoms with Crippen LogP contribution < -0.4 is 5.32 Å². The first-order valence-electron chi connectivity index (χ1n) is 7.28. The molecule has 1 N–H and O–H groups in total. The Morgan fingerprint density at radius 1 is 1.28 bits per heavy atom. The SMILES string of the molecule is CN1CCC(CC(=O)N(C)CC2CCNC2)CC1. The van der Waals surface area contributed by atoms with Gasteiger partial charge in [-0.15, -0.1) is 0 Å². The van der Waals surface area contributed by atoms with E-state index in [0.29, 0.717) is 17.7 Å². The van der Waals surface area contributed by atoms with E-state index in [9.17, 15) is 4.79 Å². The van der Waals surface area contributed by atoms with Gasteiger partial charge in [-0.05, 0) is 64.3 Å². The van der Waals surface area contributed by atoms with E-state index >= 15 is 0 Å². The van der Waals surface area contributed by atoms with E-state index < -0.39 is 0 Å². The minimum atomic E-state index is 0.344. The highest BCUT2D eigenvalue weighted by Gasteiger charge is 2.23. The maximum atomic E-state index is 12.2. The largest absolute Gasteiger partial charge is 0.345 e. The van der Waals surface area contributed by atoms with Crippen molar-refractivity contribution in [1.82, 2.24) is 15.1 Å². The lowest BCUT2D eigenvalue weighted by Gasteiger charge is -2.30. The summed E-state index contributed by atoms with van der Waals surface area (Å²) in [5.41, 5.74) is 0. The number of likely N-dealkylation sites (tertiary alicyclic amines) is 1. The molecule has 1 unspecified atom stereocenters. The molecule has 2 heterocycles. The van der Waals surface area contributed by atoms with Gasteiger partial charge >= 0.3 is 0 Å². The van der Waals surface area contributed by atoms with Crippen molar-refractivity contribution >= 4 is 5.91 Å². The van der Waals surface area contributed by atoms with Gasteiger partial charge in [-0.3, -0.25) is 4.79 Å². The molecule has 0 spiro atoms. The predicted molar refractivity (Wildman–Crippen MR) is 73.5 cm³/mol. The molecule has 0 radical (unpaired) electrons. The second-order valence-corrected chi connectivity index (χ2v) is 6.08. The molecule has 2 fully saturated rings. The van der Waals surface area contributed by atoms with Crippen LogP contribution in [0.25, 0.3) is 0 Å². The van der Waals surface area contributed by atoms with Crippen LogP contribution in [-0.2, 0) is 4.79 Å². The molecule has 1 amide bonds. The summed E-state index contributed by atoms with van der Waals surface area (Å²) in [6.45, 7) is 5.41. The molecule has 0 aromatic heterocycles. The fourth-order valence-corrected chi connectivity index (χ4v) is 3.03. The first-order valence-corrected chi connectivity index (χ1v) is 7.28. The van der Waals surface area contributed by atoms with Crippen LogP contribution in [0.4, 0.5) is 0 Å². The average Bonchev–Trinajstić information content (AvgIpc) is 2.85. The first-order chi connectivity index (χ1) is 8.65. The van der Waals surface area contributed by atoms with Gasteiger partial charge in [0, 0.05) is 20.0 Å². The average molecular weight is 253 g/mol. The third-order valence-electron chi connectivity index (χ3n) is 4.42. The highest BCUT2D eigenvalue weighted by atomic mass is 16.2. The summed E-state index contributed by atoms with van der Waals surface area (Å²) in [5.74, 6) is 1.62. The number of piperidine rings is 1. The second-order valence-electron chi connectivity index (χ2n) is 6.08. The van der Waals surface area contributed by atoms with Crippen LogP contribution in [-0.4, -0.2) is 62.5 Å². The molecular formula is C14H27N3O. The molecule has 18 heavy (non-hydrogen) atoms. The van der Waals surface area contributed by atoms with E-state index in [1.165, 1.54) is 19.3 Å². The number of carbonyl (C=O) groups excluding carboxylic acids is 1. The number of rotatable bonds is 4. The van der Waals surface area contributed by atoms with E-state index in [4.69, 9.17) is 0 Å². The molecule has 2 rings (SSSR count). The number of hydrogen-bond acceptors (Lipinski definition) is 3. The monoisotopic (exact) mass is 253 g/mol. The van der Waals surface area contributed by atoms with Crippen LogP contribution in [0, 0.1) is 11.8 Å². The Morgan fingerprint density at radius 3 is 2.61 bits per heavy atom. The number of nitrogens with one attached hydrogen (secondary N) is 1. The number of carbonyl (C=O) groups is 1. The fourth-order valence-electron chi connectivity index (χ4n) is 3.03. The molecule has 0 saturated carbocycles. The fraction of sp³-hybridized carbons (Fsp3) is 0.929. The summed E-state index contributed by atoms with van der Waals surface area (Å²) >= 11 is 0. The molecule has 0 aliphatic carbocycles. The van der Waals surface area contributed by atoms with E-state index in [2.05, 4.69) is 17.3 Å². The van der Waals surface area contributed by atoms with E-state index in [1.54, 1.807) is 0 Å².